The number of esters is 1. The van der Waals surface area contributed by atoms with Crippen LogP contribution < -0.4 is 10.6 Å². The average Bonchev–Trinajstić information content (AvgIpc) is 2.98. The number of carbonyl (C=O) groups is 2. The smallest absolute Gasteiger partial charge is 0.395 e. The molecule has 0 spiro atoms. The molecule has 3 heterocycles. The van der Waals surface area contributed by atoms with E-state index in [4.69, 9.17) is 9.47 Å². The number of nitrogens with zero attached hydrogens (tertiary/aromatic N) is 1. The van der Waals surface area contributed by atoms with E-state index in [-0.39, 0.29) is 18.2 Å². The zero-order chi connectivity index (χ0) is 17.6. The van der Waals surface area contributed by atoms with Crippen molar-refractivity contribution in [1.82, 2.24) is 4.90 Å². The van der Waals surface area contributed by atoms with Crippen LogP contribution in [0.1, 0.15) is 13.8 Å². The van der Waals surface area contributed by atoms with Gasteiger partial charge in [0.05, 0.1) is 18.6 Å². The molecule has 0 aliphatic carbocycles. The predicted molar refractivity (Wildman–Crippen MR) is 79.8 cm³/mol. The summed E-state index contributed by atoms with van der Waals surface area (Å²) in [5.41, 5.74) is 0.00935. The molecule has 0 saturated carbocycles. The summed E-state index contributed by atoms with van der Waals surface area (Å²) in [5.74, 6) is -3.32. The summed E-state index contributed by atoms with van der Waals surface area (Å²) >= 11 is 1.26. The van der Waals surface area contributed by atoms with Gasteiger partial charge in [-0.25, -0.2) is 9.59 Å². The molecule has 1 fully saturated rings. The number of methoxy groups -OCH3 is 1. The lowest BCUT2D eigenvalue weighted by Crippen LogP contribution is -2.68. The van der Waals surface area contributed by atoms with Crippen molar-refractivity contribution < 1.29 is 33.0 Å². The molecule has 1 aromatic heterocycles. The van der Waals surface area contributed by atoms with Gasteiger partial charge in [0.1, 0.15) is 10.6 Å². The highest BCUT2D eigenvalue weighted by molar-refractivity contribution is 8.04. The number of hydrogen-bond donors (Lipinski definition) is 1. The fourth-order valence-corrected chi connectivity index (χ4v) is 4.67. The molecule has 1 amide bonds. The third-order valence-corrected chi connectivity index (χ3v) is 5.31. The number of carbonyl (C=O) groups excluding carboxylic acids is 2. The maximum absolute atomic E-state index is 12.5. The maximum atomic E-state index is 12.5. The summed E-state index contributed by atoms with van der Waals surface area (Å²) in [5, 5.41) is 9.84. The minimum Gasteiger partial charge on any atom is -0.395 e. The summed E-state index contributed by atoms with van der Waals surface area (Å²) in [6, 6.07) is 0. The number of amides is 1. The Morgan fingerprint density at radius 1 is 1.54 bits per heavy atom. The van der Waals surface area contributed by atoms with Gasteiger partial charge in [0.25, 0.3) is 0 Å². The third kappa shape index (κ3) is 2.38. The van der Waals surface area contributed by atoms with Crippen LogP contribution in [0.15, 0.2) is 30.5 Å². The van der Waals surface area contributed by atoms with Crippen molar-refractivity contribution in [1.29, 1.82) is 0 Å². The monoisotopic (exact) mass is 357 g/mol. The molecule has 24 heavy (non-hydrogen) atoms. The van der Waals surface area contributed by atoms with E-state index in [1.807, 2.05) is 0 Å². The summed E-state index contributed by atoms with van der Waals surface area (Å²) in [7, 11) is 1.46. The molecule has 2 aliphatic heterocycles. The first-order chi connectivity index (χ1) is 11.3. The third-order valence-electron chi connectivity index (χ3n) is 3.90. The van der Waals surface area contributed by atoms with Crippen molar-refractivity contribution in [2.45, 2.75) is 24.8 Å². The minimum absolute atomic E-state index is 0.00935. The highest BCUT2D eigenvalue weighted by Gasteiger charge is 2.66. The van der Waals surface area contributed by atoms with Crippen molar-refractivity contribution in [3.8, 4) is 5.95 Å². The van der Waals surface area contributed by atoms with E-state index in [0.29, 0.717) is 4.91 Å². The van der Waals surface area contributed by atoms with Gasteiger partial charge >= 0.3 is 17.7 Å². The SMILES string of the molecule is COCC1=C(C(=O)Oc2coc(=O)o2)N2C(=O)C(C(C)O)[C@@]2(C)S1. The van der Waals surface area contributed by atoms with Crippen LogP contribution in [0.4, 0.5) is 0 Å². The van der Waals surface area contributed by atoms with Gasteiger partial charge in [0.2, 0.25) is 5.91 Å². The quantitative estimate of drug-likeness (QED) is 0.586. The molecule has 1 aromatic rings. The topological polar surface area (TPSA) is 119 Å². The molecule has 2 aliphatic rings. The highest BCUT2D eigenvalue weighted by Crippen LogP contribution is 2.58. The number of aliphatic hydroxyl groups is 1. The molecule has 0 bridgehead atoms. The first-order valence-corrected chi connectivity index (χ1v) is 7.85. The standard InChI is InChI=1S/C14H15NO8S/c1-6(16)9-11(17)15-10(7(4-20-3)24-14(9,15)2)12(18)22-8-5-21-13(19)23-8/h5-6,9,16H,4H2,1-3H3/t6?,9?,14-/m1/s1. The van der Waals surface area contributed by atoms with Gasteiger partial charge in [0, 0.05) is 12.0 Å². The van der Waals surface area contributed by atoms with Gasteiger partial charge < -0.3 is 23.4 Å². The Kier molecular flexibility index (Phi) is 4.06. The second-order valence-corrected chi connectivity index (χ2v) is 7.07. The maximum Gasteiger partial charge on any atom is 0.521 e. The number of rotatable bonds is 5. The Morgan fingerprint density at radius 3 is 2.79 bits per heavy atom. The van der Waals surface area contributed by atoms with Crippen LogP contribution in [-0.4, -0.2) is 46.6 Å². The lowest BCUT2D eigenvalue weighted by atomic mass is 9.83. The number of ether oxygens (including phenoxy) is 2. The van der Waals surface area contributed by atoms with Crippen LogP contribution in [0.3, 0.4) is 0 Å². The summed E-state index contributed by atoms with van der Waals surface area (Å²) in [6.45, 7) is 3.37. The van der Waals surface area contributed by atoms with Crippen LogP contribution >= 0.6 is 11.8 Å². The molecule has 10 heteroatoms. The molecule has 1 saturated heterocycles. The molecule has 0 radical (unpaired) electrons. The fraction of sp³-hybridized carbons (Fsp3) is 0.500. The van der Waals surface area contributed by atoms with Gasteiger partial charge in [-0.3, -0.25) is 9.69 Å². The van der Waals surface area contributed by atoms with Gasteiger partial charge in [-0.15, -0.1) is 0 Å². The van der Waals surface area contributed by atoms with E-state index in [1.54, 1.807) is 6.92 Å². The highest BCUT2D eigenvalue weighted by atomic mass is 32.2. The lowest BCUT2D eigenvalue weighted by Gasteiger charge is -2.52. The molecule has 3 rings (SSSR count). The van der Waals surface area contributed by atoms with Crippen molar-refractivity contribution >= 4 is 23.6 Å². The van der Waals surface area contributed by atoms with Gasteiger partial charge in [0.15, 0.2) is 6.26 Å². The molecule has 130 valence electrons. The number of fused-ring (bicyclic) bond motifs is 1. The second kappa shape index (κ2) is 5.80. The van der Waals surface area contributed by atoms with Crippen molar-refractivity contribution in [3.05, 3.63) is 27.5 Å². The first-order valence-electron chi connectivity index (χ1n) is 7.03. The number of aliphatic hydroxyl groups excluding tert-OH is 1. The van der Waals surface area contributed by atoms with E-state index in [2.05, 4.69) is 8.83 Å². The number of β-lactam (4-membered cyclic amide) rings is 1. The van der Waals surface area contributed by atoms with E-state index in [1.165, 1.54) is 30.7 Å². The molecule has 9 nitrogen and oxygen atoms in total. The normalized spacial score (nSPS) is 27.1. The van der Waals surface area contributed by atoms with Gasteiger partial charge in [-0.1, -0.05) is 11.8 Å². The predicted octanol–water partition coefficient (Wildman–Crippen LogP) is 0.298. The summed E-state index contributed by atoms with van der Waals surface area (Å²) in [6.07, 6.45) is -0.00784. The molecular formula is C14H15NO8S. The zero-order valence-corrected chi connectivity index (χ0v) is 13.9. The van der Waals surface area contributed by atoms with Crippen molar-refractivity contribution in [2.75, 3.05) is 13.7 Å². The van der Waals surface area contributed by atoms with E-state index >= 15 is 0 Å². The van der Waals surface area contributed by atoms with Crippen molar-refractivity contribution in [3.63, 3.8) is 0 Å². The van der Waals surface area contributed by atoms with E-state index < -0.39 is 34.6 Å². The van der Waals surface area contributed by atoms with Crippen LogP contribution in [-0.2, 0) is 14.3 Å². The van der Waals surface area contributed by atoms with Crippen LogP contribution in [0.2, 0.25) is 0 Å². The van der Waals surface area contributed by atoms with Gasteiger partial charge in [-0.05, 0) is 13.8 Å². The summed E-state index contributed by atoms with van der Waals surface area (Å²) in [4.78, 5) is 36.7. The Labute approximate surface area is 140 Å². The average molecular weight is 357 g/mol. The largest absolute Gasteiger partial charge is 0.521 e. The van der Waals surface area contributed by atoms with Crippen LogP contribution in [0, 0.1) is 5.92 Å². The molecule has 3 atom stereocenters. The molecule has 1 N–H and O–H groups in total. The Bertz CT molecular complexity index is 778. The lowest BCUT2D eigenvalue weighted by molar-refractivity contribution is -0.164. The number of hydrogen-bond acceptors (Lipinski definition) is 9. The Hall–Kier alpha value is -2.04. The summed E-state index contributed by atoms with van der Waals surface area (Å²) < 4.78 is 19.0. The Morgan fingerprint density at radius 2 is 2.25 bits per heavy atom. The second-order valence-electron chi connectivity index (χ2n) is 5.55. The first kappa shape index (κ1) is 16.8. The zero-order valence-electron chi connectivity index (χ0n) is 13.1. The van der Waals surface area contributed by atoms with Crippen LogP contribution in [0.5, 0.6) is 5.95 Å². The molecule has 2 unspecified atom stereocenters. The Balaban J connectivity index is 1.91. The molecule has 0 aromatic carbocycles. The van der Waals surface area contributed by atoms with Crippen molar-refractivity contribution in [2.24, 2.45) is 5.92 Å². The fourth-order valence-electron chi connectivity index (χ4n) is 3.02. The van der Waals surface area contributed by atoms with E-state index in [9.17, 15) is 19.5 Å². The molecular weight excluding hydrogens is 342 g/mol. The number of thioether (sulfide) groups is 1. The van der Waals surface area contributed by atoms with Gasteiger partial charge in [-0.2, -0.15) is 0 Å². The van der Waals surface area contributed by atoms with Crippen LogP contribution in [0.25, 0.3) is 0 Å². The van der Waals surface area contributed by atoms with E-state index in [0.717, 1.165) is 6.26 Å². The minimum atomic E-state index is -1.01.